The van der Waals surface area contributed by atoms with Crippen LogP contribution in [-0.4, -0.2) is 22.4 Å². The van der Waals surface area contributed by atoms with E-state index in [-0.39, 0.29) is 11.1 Å². The van der Waals surface area contributed by atoms with Gasteiger partial charge in [0.25, 0.3) is 11.1 Å². The van der Waals surface area contributed by atoms with Crippen LogP contribution in [0, 0.1) is 0 Å². The van der Waals surface area contributed by atoms with Crippen LogP contribution in [0.1, 0.15) is 10.4 Å². The van der Waals surface area contributed by atoms with Crippen molar-refractivity contribution in [1.82, 2.24) is 15.8 Å². The molecule has 1 aromatic rings. The molecule has 14 heavy (non-hydrogen) atoms. The first-order chi connectivity index (χ1) is 6.74. The Bertz CT molecular complexity index is 329. The largest absolute Gasteiger partial charge is 0.297 e. The normalized spacial score (nSPS) is 9.21. The van der Waals surface area contributed by atoms with E-state index in [4.69, 9.17) is 0 Å². The summed E-state index contributed by atoms with van der Waals surface area (Å²) in [6.45, 7) is 0. The number of aromatic nitrogens is 1. The van der Waals surface area contributed by atoms with Gasteiger partial charge in [-0.2, -0.15) is 0 Å². The van der Waals surface area contributed by atoms with Gasteiger partial charge in [0.05, 0.1) is 0 Å². The van der Waals surface area contributed by atoms with E-state index in [1.54, 1.807) is 18.4 Å². The van der Waals surface area contributed by atoms with E-state index in [0.717, 1.165) is 11.8 Å². The second-order valence-corrected chi connectivity index (χ2v) is 3.09. The van der Waals surface area contributed by atoms with Crippen LogP contribution in [0.15, 0.2) is 24.5 Å². The summed E-state index contributed by atoms with van der Waals surface area (Å²) in [6, 6.07) is 3.11. The topological polar surface area (TPSA) is 71.1 Å². The van der Waals surface area contributed by atoms with Crippen molar-refractivity contribution in [3.63, 3.8) is 0 Å². The number of hydrogen-bond donors (Lipinski definition) is 2. The van der Waals surface area contributed by atoms with E-state index < -0.39 is 0 Å². The molecular weight excluding hydrogens is 202 g/mol. The highest BCUT2D eigenvalue weighted by molar-refractivity contribution is 8.12. The van der Waals surface area contributed by atoms with Crippen LogP contribution in [0.3, 0.4) is 0 Å². The van der Waals surface area contributed by atoms with Crippen LogP contribution in [-0.2, 0) is 0 Å². The van der Waals surface area contributed by atoms with E-state index >= 15 is 0 Å². The number of carbonyl (C=O) groups excluding carboxylic acids is 2. The van der Waals surface area contributed by atoms with Crippen LogP contribution in [0.5, 0.6) is 0 Å². The molecule has 2 amide bonds. The summed E-state index contributed by atoms with van der Waals surface area (Å²) >= 11 is 0.985. The minimum absolute atomic E-state index is 0.313. The third kappa shape index (κ3) is 3.06. The summed E-state index contributed by atoms with van der Waals surface area (Å²) in [4.78, 5) is 25.8. The van der Waals surface area contributed by atoms with E-state index in [1.165, 1.54) is 12.4 Å². The standard InChI is InChI=1S/C8H9N3O2S/c1-14-8(13)11-10-7(12)6-2-4-9-5-3-6/h2-5H,1H3,(H,10,12)(H,11,13). The monoisotopic (exact) mass is 211 g/mol. The van der Waals surface area contributed by atoms with Gasteiger partial charge in [0.1, 0.15) is 0 Å². The van der Waals surface area contributed by atoms with E-state index in [2.05, 4.69) is 15.8 Å². The summed E-state index contributed by atoms with van der Waals surface area (Å²) in [5.41, 5.74) is 4.94. The van der Waals surface area contributed by atoms with Gasteiger partial charge in [-0.05, 0) is 18.4 Å². The number of hydrazine groups is 1. The summed E-state index contributed by atoms with van der Waals surface area (Å²) in [6.07, 6.45) is 4.63. The lowest BCUT2D eigenvalue weighted by molar-refractivity contribution is 0.0939. The predicted molar refractivity (Wildman–Crippen MR) is 53.7 cm³/mol. The van der Waals surface area contributed by atoms with Crippen molar-refractivity contribution in [2.24, 2.45) is 0 Å². The van der Waals surface area contributed by atoms with Gasteiger partial charge in [0, 0.05) is 18.0 Å². The quantitative estimate of drug-likeness (QED) is 0.674. The first kappa shape index (κ1) is 10.5. The van der Waals surface area contributed by atoms with Gasteiger partial charge in [0.2, 0.25) is 0 Å². The number of pyridine rings is 1. The molecule has 1 rings (SSSR count). The number of nitrogens with one attached hydrogen (secondary N) is 2. The maximum atomic E-state index is 11.3. The minimum atomic E-state index is -0.366. The fraction of sp³-hybridized carbons (Fsp3) is 0.125. The number of amides is 2. The number of rotatable bonds is 1. The maximum absolute atomic E-state index is 11.3. The lowest BCUT2D eigenvalue weighted by Crippen LogP contribution is -2.39. The lowest BCUT2D eigenvalue weighted by atomic mass is 10.3. The van der Waals surface area contributed by atoms with Gasteiger partial charge in [-0.1, -0.05) is 11.8 Å². The first-order valence-electron chi connectivity index (χ1n) is 3.78. The molecule has 0 aliphatic heterocycles. The van der Waals surface area contributed by atoms with Gasteiger partial charge in [0.15, 0.2) is 0 Å². The highest BCUT2D eigenvalue weighted by Crippen LogP contribution is 1.95. The first-order valence-corrected chi connectivity index (χ1v) is 5.01. The van der Waals surface area contributed by atoms with Gasteiger partial charge in [-0.15, -0.1) is 0 Å². The van der Waals surface area contributed by atoms with Crippen LogP contribution in [0.4, 0.5) is 4.79 Å². The number of carbonyl (C=O) groups is 2. The number of hydrogen-bond acceptors (Lipinski definition) is 4. The fourth-order valence-corrected chi connectivity index (χ4v) is 0.887. The molecule has 0 aliphatic rings. The van der Waals surface area contributed by atoms with Crippen molar-refractivity contribution < 1.29 is 9.59 Å². The Kier molecular flexibility index (Phi) is 3.93. The summed E-state index contributed by atoms with van der Waals surface area (Å²) < 4.78 is 0. The SMILES string of the molecule is CSC(=O)NNC(=O)c1ccncc1. The van der Waals surface area contributed by atoms with Crippen molar-refractivity contribution in [2.45, 2.75) is 0 Å². The van der Waals surface area contributed by atoms with E-state index in [9.17, 15) is 9.59 Å². The average molecular weight is 211 g/mol. The molecule has 0 aromatic carbocycles. The van der Waals surface area contributed by atoms with Crippen molar-refractivity contribution >= 4 is 22.9 Å². The molecule has 0 radical (unpaired) electrons. The second-order valence-electron chi connectivity index (χ2n) is 2.31. The Morgan fingerprint density at radius 3 is 2.50 bits per heavy atom. The zero-order valence-electron chi connectivity index (χ0n) is 7.48. The molecule has 0 unspecified atom stereocenters. The summed E-state index contributed by atoms with van der Waals surface area (Å²) in [5.74, 6) is -0.366. The zero-order chi connectivity index (χ0) is 10.4. The molecule has 0 bridgehead atoms. The van der Waals surface area contributed by atoms with Crippen molar-refractivity contribution in [1.29, 1.82) is 0 Å². The molecule has 74 valence electrons. The number of nitrogens with zero attached hydrogens (tertiary/aromatic N) is 1. The third-order valence-corrected chi connectivity index (χ3v) is 1.88. The van der Waals surface area contributed by atoms with E-state index in [1.807, 2.05) is 0 Å². The van der Waals surface area contributed by atoms with Crippen molar-refractivity contribution in [3.05, 3.63) is 30.1 Å². The predicted octanol–water partition coefficient (Wildman–Crippen LogP) is 0.799. The Hall–Kier alpha value is -1.56. The van der Waals surface area contributed by atoms with Gasteiger partial charge < -0.3 is 0 Å². The fourth-order valence-electron chi connectivity index (χ4n) is 0.734. The Morgan fingerprint density at radius 1 is 1.29 bits per heavy atom. The Morgan fingerprint density at radius 2 is 1.93 bits per heavy atom. The average Bonchev–Trinajstić information content (AvgIpc) is 2.26. The van der Waals surface area contributed by atoms with Gasteiger partial charge in [-0.25, -0.2) is 0 Å². The molecule has 1 heterocycles. The second kappa shape index (κ2) is 5.23. The molecule has 0 aliphatic carbocycles. The number of thioether (sulfide) groups is 1. The third-order valence-electron chi connectivity index (χ3n) is 1.41. The highest BCUT2D eigenvalue weighted by atomic mass is 32.2. The summed E-state index contributed by atoms with van der Waals surface area (Å²) in [7, 11) is 0. The van der Waals surface area contributed by atoms with Crippen LogP contribution in [0.2, 0.25) is 0 Å². The molecule has 0 saturated carbocycles. The Balaban J connectivity index is 2.48. The molecule has 5 nitrogen and oxygen atoms in total. The van der Waals surface area contributed by atoms with E-state index in [0.29, 0.717) is 5.56 Å². The Labute approximate surface area is 85.3 Å². The van der Waals surface area contributed by atoms with Crippen molar-refractivity contribution in [3.8, 4) is 0 Å². The van der Waals surface area contributed by atoms with Crippen molar-refractivity contribution in [2.75, 3.05) is 6.26 Å². The molecule has 6 heteroatoms. The highest BCUT2D eigenvalue weighted by Gasteiger charge is 2.04. The minimum Gasteiger partial charge on any atom is -0.267 e. The molecule has 0 spiro atoms. The molecule has 1 aromatic heterocycles. The molecule has 0 atom stereocenters. The van der Waals surface area contributed by atoms with Gasteiger partial charge >= 0.3 is 0 Å². The molecule has 2 N–H and O–H groups in total. The summed E-state index contributed by atoms with van der Waals surface area (Å²) in [5, 5.41) is -0.313. The molecule has 0 fully saturated rings. The molecule has 0 saturated heterocycles. The van der Waals surface area contributed by atoms with Crippen LogP contribution >= 0.6 is 11.8 Å². The zero-order valence-corrected chi connectivity index (χ0v) is 8.30. The smallest absolute Gasteiger partial charge is 0.267 e. The maximum Gasteiger partial charge on any atom is 0.297 e. The lowest BCUT2D eigenvalue weighted by Gasteiger charge is -2.04. The molecular formula is C8H9N3O2S. The van der Waals surface area contributed by atoms with Crippen LogP contribution in [0.25, 0.3) is 0 Å². The van der Waals surface area contributed by atoms with Gasteiger partial charge in [-0.3, -0.25) is 25.4 Å². The van der Waals surface area contributed by atoms with Crippen LogP contribution < -0.4 is 10.9 Å².